The number of piperazine rings is 1. The van der Waals surface area contributed by atoms with Crippen LogP contribution in [0.4, 0.5) is 18.9 Å². The fraction of sp³-hybridized carbons (Fsp3) is 0.263. The predicted molar refractivity (Wildman–Crippen MR) is 115 cm³/mol. The van der Waals surface area contributed by atoms with Crippen LogP contribution in [-0.2, 0) is 10.0 Å². The van der Waals surface area contributed by atoms with Crippen LogP contribution in [0.15, 0.2) is 52.0 Å². The Hall–Kier alpha value is -1.95. The Labute approximate surface area is 189 Å². The van der Waals surface area contributed by atoms with Crippen molar-refractivity contribution in [1.82, 2.24) is 9.29 Å². The van der Waals surface area contributed by atoms with E-state index in [0.29, 0.717) is 29.0 Å². The highest BCUT2D eigenvalue weighted by Gasteiger charge is 2.33. The number of halogens is 5. The van der Waals surface area contributed by atoms with Crippen molar-refractivity contribution < 1.29 is 26.3 Å². The van der Waals surface area contributed by atoms with Gasteiger partial charge in [-0.1, -0.05) is 11.6 Å². The molecule has 2 heterocycles. The molecule has 12 heteroatoms. The first-order chi connectivity index (χ1) is 14.6. The average molecular weight is 539 g/mol. The summed E-state index contributed by atoms with van der Waals surface area (Å²) in [5, 5.41) is 4.38. The fourth-order valence-corrected chi connectivity index (χ4v) is 5.50. The monoisotopic (exact) mass is 537 g/mol. The van der Waals surface area contributed by atoms with Gasteiger partial charge in [-0.15, -0.1) is 13.2 Å². The lowest BCUT2D eigenvalue weighted by Gasteiger charge is -2.30. The van der Waals surface area contributed by atoms with Crippen molar-refractivity contribution in [2.75, 3.05) is 31.1 Å². The van der Waals surface area contributed by atoms with E-state index in [9.17, 15) is 21.6 Å². The zero-order valence-electron chi connectivity index (χ0n) is 15.8. The molecule has 0 unspecified atom stereocenters. The average Bonchev–Trinajstić information content (AvgIpc) is 3.14. The van der Waals surface area contributed by atoms with E-state index in [4.69, 9.17) is 11.6 Å². The minimum atomic E-state index is -4.96. The van der Waals surface area contributed by atoms with Gasteiger partial charge in [0.05, 0.1) is 25.6 Å². The summed E-state index contributed by atoms with van der Waals surface area (Å²) in [7, 11) is -4.20. The molecule has 0 saturated carbocycles. The third-order valence-electron chi connectivity index (χ3n) is 4.88. The molecule has 0 amide bonds. The molecule has 0 bridgehead atoms. The van der Waals surface area contributed by atoms with Gasteiger partial charge in [0.25, 0.3) is 10.0 Å². The first-order valence-corrected chi connectivity index (χ1v) is 11.7. The van der Waals surface area contributed by atoms with Crippen LogP contribution in [0.2, 0.25) is 5.02 Å². The van der Waals surface area contributed by atoms with Crippen LogP contribution in [0.3, 0.4) is 0 Å². The second-order valence-corrected chi connectivity index (χ2v) is 9.90. The van der Waals surface area contributed by atoms with Crippen molar-refractivity contribution in [2.45, 2.75) is 11.3 Å². The molecule has 1 aromatic heterocycles. The van der Waals surface area contributed by atoms with Crippen LogP contribution in [-0.4, -0.2) is 44.9 Å². The van der Waals surface area contributed by atoms with Crippen molar-refractivity contribution in [3.05, 3.63) is 52.1 Å². The van der Waals surface area contributed by atoms with E-state index in [2.05, 4.69) is 30.9 Å². The highest BCUT2D eigenvalue weighted by Crippen LogP contribution is 2.38. The number of benzene rings is 2. The van der Waals surface area contributed by atoms with Crippen molar-refractivity contribution in [2.24, 2.45) is 0 Å². The molecule has 4 rings (SSSR count). The van der Waals surface area contributed by atoms with E-state index in [0.717, 1.165) is 28.8 Å². The fourth-order valence-electron chi connectivity index (χ4n) is 3.53. The maximum Gasteiger partial charge on any atom is 0.573 e. The lowest BCUT2D eigenvalue weighted by atomic mass is 10.2. The van der Waals surface area contributed by atoms with Crippen LogP contribution < -0.4 is 15.0 Å². The van der Waals surface area contributed by atoms with Crippen LogP contribution >= 0.6 is 27.5 Å². The van der Waals surface area contributed by atoms with Crippen LogP contribution in [0.25, 0.3) is 10.9 Å². The second-order valence-electron chi connectivity index (χ2n) is 6.82. The smallest absolute Gasteiger partial charge is 0.405 e. The number of nitrogens with one attached hydrogen (secondary N) is 1. The van der Waals surface area contributed by atoms with Gasteiger partial charge in [-0.3, -0.25) is 0 Å². The van der Waals surface area contributed by atoms with Gasteiger partial charge < -0.3 is 15.0 Å². The molecule has 166 valence electrons. The molecule has 1 aliphatic rings. The Balaban J connectivity index is 1.81. The van der Waals surface area contributed by atoms with Crippen molar-refractivity contribution in [3.63, 3.8) is 0 Å². The predicted octanol–water partition coefficient (Wildman–Crippen LogP) is 4.60. The molecular formula is C19H16BrClF3N3O3S. The van der Waals surface area contributed by atoms with Crippen LogP contribution in [0, 0.1) is 0 Å². The lowest BCUT2D eigenvalue weighted by Crippen LogP contribution is -2.43. The number of ether oxygens (including phenoxy) is 1. The molecule has 1 fully saturated rings. The van der Waals surface area contributed by atoms with E-state index >= 15 is 0 Å². The van der Waals surface area contributed by atoms with E-state index in [1.165, 1.54) is 18.3 Å². The number of aromatic nitrogens is 1. The molecule has 0 atom stereocenters. The summed E-state index contributed by atoms with van der Waals surface area (Å²) < 4.78 is 69.5. The standard InChI is InChI=1S/C19H16BrClF3N3O3S/c20-14-2-1-12(11-17(14)30-19(22,23)24)31(28,29)27-8-5-13-16(27)4-3-15(21)18(13)26-9-6-25-7-10-26/h1-5,8,11,25H,6-7,9-10H2. The Morgan fingerprint density at radius 2 is 1.81 bits per heavy atom. The molecule has 2 aromatic carbocycles. The Morgan fingerprint density at radius 1 is 1.10 bits per heavy atom. The minimum absolute atomic E-state index is 0.0195. The molecule has 1 N–H and O–H groups in total. The summed E-state index contributed by atoms with van der Waals surface area (Å²) in [4.78, 5) is 1.73. The number of fused-ring (bicyclic) bond motifs is 1. The first-order valence-electron chi connectivity index (χ1n) is 9.14. The Morgan fingerprint density at radius 3 is 2.48 bits per heavy atom. The number of alkyl halides is 3. The molecule has 1 aliphatic heterocycles. The Bertz CT molecular complexity index is 1240. The summed E-state index contributed by atoms with van der Waals surface area (Å²) in [6.45, 7) is 2.96. The maximum absolute atomic E-state index is 13.3. The summed E-state index contributed by atoms with van der Waals surface area (Å²) >= 11 is 9.38. The zero-order chi connectivity index (χ0) is 22.4. The summed E-state index contributed by atoms with van der Waals surface area (Å²) in [5.74, 6) is -0.644. The van der Waals surface area contributed by atoms with Gasteiger partial charge in [0, 0.05) is 43.8 Å². The maximum atomic E-state index is 13.3. The topological polar surface area (TPSA) is 63.6 Å². The SMILES string of the molecule is O=S(=O)(c1ccc(Br)c(OC(F)(F)F)c1)n1ccc2c(N3CCNCC3)c(Cl)ccc21. The Kier molecular flexibility index (Phi) is 5.88. The molecule has 0 radical (unpaired) electrons. The highest BCUT2D eigenvalue weighted by molar-refractivity contribution is 9.10. The van der Waals surface area contributed by atoms with Crippen molar-refractivity contribution in [3.8, 4) is 5.75 Å². The second kappa shape index (κ2) is 8.19. The molecule has 6 nitrogen and oxygen atoms in total. The number of rotatable bonds is 4. The summed E-state index contributed by atoms with van der Waals surface area (Å²) in [5.41, 5.74) is 1.10. The van der Waals surface area contributed by atoms with Gasteiger partial charge >= 0.3 is 6.36 Å². The van der Waals surface area contributed by atoms with Gasteiger partial charge in [-0.05, 0) is 46.3 Å². The molecular weight excluding hydrogens is 523 g/mol. The lowest BCUT2D eigenvalue weighted by molar-refractivity contribution is -0.275. The first kappa shape index (κ1) is 22.3. The summed E-state index contributed by atoms with van der Waals surface area (Å²) in [6, 6.07) is 8.08. The zero-order valence-corrected chi connectivity index (χ0v) is 18.9. The number of hydrogen-bond donors (Lipinski definition) is 1. The van der Waals surface area contributed by atoms with Gasteiger partial charge in [-0.2, -0.15) is 0 Å². The van der Waals surface area contributed by atoms with E-state index < -0.39 is 22.1 Å². The number of nitrogens with zero attached hydrogens (tertiary/aromatic N) is 2. The van der Waals surface area contributed by atoms with Crippen molar-refractivity contribution >= 4 is 54.1 Å². The van der Waals surface area contributed by atoms with Crippen LogP contribution in [0.1, 0.15) is 0 Å². The molecule has 3 aromatic rings. The highest BCUT2D eigenvalue weighted by atomic mass is 79.9. The van der Waals surface area contributed by atoms with E-state index in [1.807, 2.05) is 0 Å². The van der Waals surface area contributed by atoms with Gasteiger partial charge in [-0.25, -0.2) is 12.4 Å². The third kappa shape index (κ3) is 4.36. The van der Waals surface area contributed by atoms with Crippen molar-refractivity contribution in [1.29, 1.82) is 0 Å². The van der Waals surface area contributed by atoms with Gasteiger partial charge in [0.2, 0.25) is 0 Å². The quantitative estimate of drug-likeness (QED) is 0.526. The minimum Gasteiger partial charge on any atom is -0.405 e. The van der Waals surface area contributed by atoms with E-state index in [1.54, 1.807) is 18.2 Å². The number of anilines is 1. The largest absolute Gasteiger partial charge is 0.573 e. The molecule has 1 saturated heterocycles. The van der Waals surface area contributed by atoms with Gasteiger partial charge in [0.15, 0.2) is 0 Å². The van der Waals surface area contributed by atoms with Crippen LogP contribution in [0.5, 0.6) is 5.75 Å². The van der Waals surface area contributed by atoms with E-state index in [-0.39, 0.29) is 9.37 Å². The van der Waals surface area contributed by atoms with Gasteiger partial charge in [0.1, 0.15) is 5.75 Å². The number of hydrogen-bond acceptors (Lipinski definition) is 5. The summed E-state index contributed by atoms with van der Waals surface area (Å²) in [6.07, 6.45) is -3.59. The molecule has 0 aliphatic carbocycles. The molecule has 31 heavy (non-hydrogen) atoms. The molecule has 0 spiro atoms. The third-order valence-corrected chi connectivity index (χ3v) is 7.52. The normalized spacial score (nSPS) is 15.5.